The molecule has 0 unspecified atom stereocenters. The quantitative estimate of drug-likeness (QED) is 0.423. The van der Waals surface area contributed by atoms with Crippen molar-refractivity contribution in [2.24, 2.45) is 0 Å². The van der Waals surface area contributed by atoms with Crippen molar-refractivity contribution in [1.29, 1.82) is 5.26 Å². The van der Waals surface area contributed by atoms with Crippen molar-refractivity contribution in [2.75, 3.05) is 18.0 Å². The SMILES string of the molecule is Cc1ccc(CN2CC[C@H](N(Cc3ccccc3Cl)c3ccc(C#N)c(Cl)c3)C2)s1. The van der Waals surface area contributed by atoms with Crippen molar-refractivity contribution < 1.29 is 0 Å². The molecule has 3 nitrogen and oxygen atoms in total. The lowest BCUT2D eigenvalue weighted by atomic mass is 10.1. The number of anilines is 1. The molecule has 1 aliphatic heterocycles. The normalized spacial score (nSPS) is 16.5. The van der Waals surface area contributed by atoms with Gasteiger partial charge in [-0.3, -0.25) is 4.90 Å². The zero-order valence-corrected chi connectivity index (χ0v) is 19.1. The van der Waals surface area contributed by atoms with Crippen LogP contribution in [-0.4, -0.2) is 24.0 Å². The second kappa shape index (κ2) is 9.41. The van der Waals surface area contributed by atoms with Crippen molar-refractivity contribution in [1.82, 2.24) is 4.90 Å². The molecule has 154 valence electrons. The van der Waals surface area contributed by atoms with Crippen LogP contribution in [0.3, 0.4) is 0 Å². The zero-order chi connectivity index (χ0) is 21.1. The standard InChI is InChI=1S/C24H23Cl2N3S/c1-17-6-9-22(30-17)16-28-11-10-21(15-28)29(14-19-4-2-3-5-23(19)25)20-8-7-18(13-27)24(26)12-20/h2-9,12,21H,10-11,14-16H2,1H3/t21-/m0/s1. The summed E-state index contributed by atoms with van der Waals surface area (Å²) in [5, 5.41) is 10.5. The van der Waals surface area contributed by atoms with E-state index in [-0.39, 0.29) is 0 Å². The highest BCUT2D eigenvalue weighted by Crippen LogP contribution is 2.31. The smallest absolute Gasteiger partial charge is 0.101 e. The van der Waals surface area contributed by atoms with Crippen molar-refractivity contribution in [3.8, 4) is 6.07 Å². The Hall–Kier alpha value is -2.03. The molecular weight excluding hydrogens is 433 g/mol. The number of likely N-dealkylation sites (tertiary alicyclic amines) is 1. The van der Waals surface area contributed by atoms with E-state index in [2.05, 4.69) is 41.0 Å². The Bertz CT molecular complexity index is 1070. The minimum absolute atomic E-state index is 0.353. The summed E-state index contributed by atoms with van der Waals surface area (Å²) in [6, 6.07) is 20.6. The van der Waals surface area contributed by atoms with E-state index in [0.717, 1.165) is 42.3 Å². The Kier molecular flexibility index (Phi) is 6.65. The van der Waals surface area contributed by atoms with Crippen LogP contribution in [0.15, 0.2) is 54.6 Å². The van der Waals surface area contributed by atoms with Gasteiger partial charge in [0.1, 0.15) is 6.07 Å². The molecule has 30 heavy (non-hydrogen) atoms. The number of benzene rings is 2. The van der Waals surface area contributed by atoms with Gasteiger partial charge >= 0.3 is 0 Å². The fraction of sp³-hybridized carbons (Fsp3) is 0.292. The van der Waals surface area contributed by atoms with Crippen LogP contribution in [0.4, 0.5) is 5.69 Å². The molecule has 0 amide bonds. The molecule has 1 aromatic heterocycles. The van der Waals surface area contributed by atoms with Gasteiger partial charge in [0, 0.05) is 52.7 Å². The Morgan fingerprint density at radius 2 is 1.97 bits per heavy atom. The van der Waals surface area contributed by atoms with Gasteiger partial charge in [-0.2, -0.15) is 5.26 Å². The van der Waals surface area contributed by atoms with Gasteiger partial charge in [0.2, 0.25) is 0 Å². The molecule has 2 heterocycles. The number of hydrogen-bond donors (Lipinski definition) is 0. The molecule has 6 heteroatoms. The third kappa shape index (κ3) is 4.82. The summed E-state index contributed by atoms with van der Waals surface area (Å²) in [6.45, 7) is 5.90. The number of thiophene rings is 1. The van der Waals surface area contributed by atoms with Crippen molar-refractivity contribution in [2.45, 2.75) is 32.5 Å². The van der Waals surface area contributed by atoms with Crippen LogP contribution in [0.25, 0.3) is 0 Å². The summed E-state index contributed by atoms with van der Waals surface area (Å²) in [6.07, 6.45) is 1.08. The van der Waals surface area contributed by atoms with Gasteiger partial charge in [0.15, 0.2) is 0 Å². The lowest BCUT2D eigenvalue weighted by molar-refractivity contribution is 0.327. The highest BCUT2D eigenvalue weighted by molar-refractivity contribution is 7.11. The Morgan fingerprint density at radius 3 is 2.67 bits per heavy atom. The van der Waals surface area contributed by atoms with Crippen LogP contribution >= 0.6 is 34.5 Å². The van der Waals surface area contributed by atoms with E-state index < -0.39 is 0 Å². The number of nitriles is 1. The minimum atomic E-state index is 0.353. The van der Waals surface area contributed by atoms with Crippen LogP contribution in [0.2, 0.25) is 10.0 Å². The lowest BCUT2D eigenvalue weighted by Crippen LogP contribution is -2.37. The van der Waals surface area contributed by atoms with Crippen molar-refractivity contribution in [3.05, 3.63) is 85.5 Å². The van der Waals surface area contributed by atoms with Gasteiger partial charge in [-0.15, -0.1) is 11.3 Å². The molecule has 0 N–H and O–H groups in total. The molecule has 3 aromatic rings. The topological polar surface area (TPSA) is 30.3 Å². The van der Waals surface area contributed by atoms with Crippen LogP contribution in [0, 0.1) is 18.3 Å². The van der Waals surface area contributed by atoms with Crippen molar-refractivity contribution in [3.63, 3.8) is 0 Å². The first-order chi connectivity index (χ1) is 14.5. The van der Waals surface area contributed by atoms with Gasteiger partial charge < -0.3 is 4.90 Å². The van der Waals surface area contributed by atoms with Crippen LogP contribution in [0.1, 0.15) is 27.3 Å². The zero-order valence-electron chi connectivity index (χ0n) is 16.8. The first-order valence-electron chi connectivity index (χ1n) is 10.0. The highest BCUT2D eigenvalue weighted by Gasteiger charge is 2.29. The van der Waals surface area contributed by atoms with Gasteiger partial charge in [-0.1, -0.05) is 41.4 Å². The summed E-state index contributed by atoms with van der Waals surface area (Å²) in [4.78, 5) is 7.66. The van der Waals surface area contributed by atoms with Gasteiger partial charge in [0.25, 0.3) is 0 Å². The molecule has 0 aliphatic carbocycles. The third-order valence-electron chi connectivity index (χ3n) is 5.57. The summed E-state index contributed by atoms with van der Waals surface area (Å²) in [5.74, 6) is 0. The molecule has 1 saturated heterocycles. The Balaban J connectivity index is 1.58. The predicted molar refractivity (Wildman–Crippen MR) is 127 cm³/mol. The molecule has 0 bridgehead atoms. The van der Waals surface area contributed by atoms with Crippen LogP contribution in [-0.2, 0) is 13.1 Å². The molecule has 0 spiro atoms. The lowest BCUT2D eigenvalue weighted by Gasteiger charge is -2.32. The molecular formula is C24H23Cl2N3S. The Morgan fingerprint density at radius 1 is 1.13 bits per heavy atom. The average molecular weight is 456 g/mol. The van der Waals surface area contributed by atoms with E-state index >= 15 is 0 Å². The summed E-state index contributed by atoms with van der Waals surface area (Å²) >= 11 is 14.7. The second-order valence-electron chi connectivity index (χ2n) is 7.69. The molecule has 4 rings (SSSR count). The maximum Gasteiger partial charge on any atom is 0.101 e. The summed E-state index contributed by atoms with van der Waals surface area (Å²) < 4.78 is 0. The van der Waals surface area contributed by atoms with Gasteiger partial charge in [-0.05, 0) is 55.3 Å². The maximum atomic E-state index is 9.24. The van der Waals surface area contributed by atoms with E-state index in [4.69, 9.17) is 23.2 Å². The van der Waals surface area contributed by atoms with Gasteiger partial charge in [-0.25, -0.2) is 0 Å². The molecule has 1 atom stereocenters. The minimum Gasteiger partial charge on any atom is -0.363 e. The fourth-order valence-corrected chi connectivity index (χ4v) is 5.36. The van der Waals surface area contributed by atoms with E-state index in [0.29, 0.717) is 23.2 Å². The molecule has 0 radical (unpaired) electrons. The molecule has 0 saturated carbocycles. The monoisotopic (exact) mass is 455 g/mol. The van der Waals surface area contributed by atoms with Crippen molar-refractivity contribution >= 4 is 40.2 Å². The molecule has 2 aromatic carbocycles. The van der Waals surface area contributed by atoms with E-state index in [1.165, 1.54) is 9.75 Å². The Labute approximate surface area is 192 Å². The first kappa shape index (κ1) is 21.2. The van der Waals surface area contributed by atoms with Crippen LogP contribution < -0.4 is 4.90 Å². The number of aryl methyl sites for hydroxylation is 1. The number of nitrogens with zero attached hydrogens (tertiary/aromatic N) is 3. The second-order valence-corrected chi connectivity index (χ2v) is 9.87. The largest absolute Gasteiger partial charge is 0.363 e. The predicted octanol–water partition coefficient (Wildman–Crippen LogP) is 6.52. The van der Waals surface area contributed by atoms with E-state index in [1.54, 1.807) is 6.07 Å². The summed E-state index contributed by atoms with van der Waals surface area (Å²) in [5.41, 5.74) is 2.61. The highest BCUT2D eigenvalue weighted by atomic mass is 35.5. The summed E-state index contributed by atoms with van der Waals surface area (Å²) in [7, 11) is 0. The van der Waals surface area contributed by atoms with Gasteiger partial charge in [0.05, 0.1) is 10.6 Å². The maximum absolute atomic E-state index is 9.24. The average Bonchev–Trinajstić information content (AvgIpc) is 3.36. The number of halogens is 2. The number of rotatable bonds is 6. The third-order valence-corrected chi connectivity index (χ3v) is 7.23. The molecule has 1 aliphatic rings. The molecule has 1 fully saturated rings. The van der Waals surface area contributed by atoms with E-state index in [1.807, 2.05) is 41.7 Å². The number of hydrogen-bond acceptors (Lipinski definition) is 4. The fourth-order valence-electron chi connectivity index (χ4n) is 4.02. The first-order valence-corrected chi connectivity index (χ1v) is 11.6. The van der Waals surface area contributed by atoms with E-state index in [9.17, 15) is 5.26 Å². The van der Waals surface area contributed by atoms with Crippen LogP contribution in [0.5, 0.6) is 0 Å².